The third-order valence-electron chi connectivity index (χ3n) is 4.00. The van der Waals surface area contributed by atoms with Gasteiger partial charge in [-0.3, -0.25) is 9.69 Å². The molecule has 2 N–H and O–H groups in total. The number of nitrogens with one attached hydrogen (secondary N) is 1. The Bertz CT molecular complexity index is 484. The number of likely N-dealkylation sites (N-methyl/N-ethyl adjacent to an activating group) is 1. The van der Waals surface area contributed by atoms with Crippen molar-refractivity contribution in [2.24, 2.45) is 0 Å². The molecule has 1 aliphatic heterocycles. The molecular weight excluding hydrogens is 294 g/mol. The average Bonchev–Trinajstić information content (AvgIpc) is 2.54. The second-order valence-corrected chi connectivity index (χ2v) is 5.91. The molecule has 1 amide bonds. The van der Waals surface area contributed by atoms with Crippen molar-refractivity contribution in [2.75, 3.05) is 51.2 Å². The molecule has 128 valence electrons. The molecular formula is C17H27N3O3. The minimum Gasteiger partial charge on any atom is -0.491 e. The van der Waals surface area contributed by atoms with Gasteiger partial charge in [0.2, 0.25) is 5.91 Å². The molecule has 0 aliphatic carbocycles. The summed E-state index contributed by atoms with van der Waals surface area (Å²) in [5.74, 6) is 0.589. The van der Waals surface area contributed by atoms with E-state index < -0.39 is 6.10 Å². The molecule has 6 nitrogen and oxygen atoms in total. The minimum atomic E-state index is -0.502. The second kappa shape index (κ2) is 8.86. The van der Waals surface area contributed by atoms with Crippen LogP contribution < -0.4 is 10.1 Å². The zero-order valence-electron chi connectivity index (χ0n) is 14.0. The van der Waals surface area contributed by atoms with E-state index in [-0.39, 0.29) is 12.5 Å². The van der Waals surface area contributed by atoms with Gasteiger partial charge in [0.05, 0.1) is 0 Å². The number of nitrogens with zero attached hydrogens (tertiary/aromatic N) is 2. The number of hydrogen-bond donors (Lipinski definition) is 2. The van der Waals surface area contributed by atoms with Crippen LogP contribution in [0, 0.1) is 0 Å². The van der Waals surface area contributed by atoms with Crippen molar-refractivity contribution in [3.05, 3.63) is 24.3 Å². The normalized spacial score (nSPS) is 17.7. The lowest BCUT2D eigenvalue weighted by atomic mass is 10.2. The number of anilines is 1. The number of aliphatic hydroxyl groups is 1. The van der Waals surface area contributed by atoms with Crippen molar-refractivity contribution in [3.63, 3.8) is 0 Å². The third-order valence-corrected chi connectivity index (χ3v) is 4.00. The maximum absolute atomic E-state index is 11.0. The van der Waals surface area contributed by atoms with Gasteiger partial charge in [0.1, 0.15) is 18.5 Å². The highest BCUT2D eigenvalue weighted by Crippen LogP contribution is 2.16. The number of carbonyl (C=O) groups is 1. The van der Waals surface area contributed by atoms with Crippen molar-refractivity contribution >= 4 is 11.6 Å². The predicted molar refractivity (Wildman–Crippen MR) is 90.8 cm³/mol. The van der Waals surface area contributed by atoms with E-state index in [2.05, 4.69) is 22.0 Å². The predicted octanol–water partition coefficient (Wildman–Crippen LogP) is 1.02. The highest BCUT2D eigenvalue weighted by Gasteiger charge is 2.18. The molecule has 1 saturated heterocycles. The molecule has 1 heterocycles. The molecule has 23 heavy (non-hydrogen) atoms. The first-order chi connectivity index (χ1) is 11.1. The lowest BCUT2D eigenvalue weighted by Gasteiger charge is -2.34. The molecule has 0 saturated carbocycles. The number of β-amino-alcohol motifs (C(OH)–C–C–N with tert-alkyl or cyclic N) is 1. The second-order valence-electron chi connectivity index (χ2n) is 5.91. The largest absolute Gasteiger partial charge is 0.491 e. The Morgan fingerprint density at radius 1 is 1.22 bits per heavy atom. The van der Waals surface area contributed by atoms with Gasteiger partial charge in [0.25, 0.3) is 0 Å². The monoisotopic (exact) mass is 321 g/mol. The topological polar surface area (TPSA) is 65.0 Å². The van der Waals surface area contributed by atoms with Gasteiger partial charge in [-0.1, -0.05) is 6.92 Å². The van der Waals surface area contributed by atoms with Crippen LogP contribution in [0.1, 0.15) is 13.8 Å². The van der Waals surface area contributed by atoms with Gasteiger partial charge >= 0.3 is 0 Å². The molecule has 1 aromatic carbocycles. The fourth-order valence-electron chi connectivity index (χ4n) is 2.67. The molecule has 0 bridgehead atoms. The van der Waals surface area contributed by atoms with Gasteiger partial charge in [0, 0.05) is 45.3 Å². The summed E-state index contributed by atoms with van der Waals surface area (Å²) in [4.78, 5) is 15.6. The summed E-state index contributed by atoms with van der Waals surface area (Å²) >= 11 is 0. The lowest BCUT2D eigenvalue weighted by molar-refractivity contribution is -0.114. The molecule has 0 spiro atoms. The van der Waals surface area contributed by atoms with Crippen LogP contribution in [-0.4, -0.2) is 72.8 Å². The number of ether oxygens (including phenoxy) is 1. The Labute approximate surface area is 138 Å². The number of piperazine rings is 1. The molecule has 1 unspecified atom stereocenters. The number of hydrogen-bond acceptors (Lipinski definition) is 5. The van der Waals surface area contributed by atoms with Crippen molar-refractivity contribution in [1.29, 1.82) is 0 Å². The summed E-state index contributed by atoms with van der Waals surface area (Å²) in [6, 6.07) is 7.15. The van der Waals surface area contributed by atoms with Gasteiger partial charge in [-0.25, -0.2) is 0 Å². The SMILES string of the molecule is CCN1CCN(CC(O)COc2ccc(NC(C)=O)cc2)CC1. The van der Waals surface area contributed by atoms with Crippen LogP contribution in [-0.2, 0) is 4.79 Å². The molecule has 1 aliphatic rings. The third kappa shape index (κ3) is 6.17. The van der Waals surface area contributed by atoms with Crippen LogP contribution in [0.2, 0.25) is 0 Å². The van der Waals surface area contributed by atoms with Crippen molar-refractivity contribution < 1.29 is 14.6 Å². The smallest absolute Gasteiger partial charge is 0.221 e. The molecule has 1 atom stereocenters. The highest BCUT2D eigenvalue weighted by molar-refractivity contribution is 5.88. The van der Waals surface area contributed by atoms with Crippen LogP contribution in [0.3, 0.4) is 0 Å². The van der Waals surface area contributed by atoms with Crippen LogP contribution >= 0.6 is 0 Å². The van der Waals surface area contributed by atoms with Gasteiger partial charge < -0.3 is 20.1 Å². The van der Waals surface area contributed by atoms with Gasteiger partial charge in [-0.15, -0.1) is 0 Å². The first kappa shape index (κ1) is 17.7. The minimum absolute atomic E-state index is 0.0998. The fraction of sp³-hybridized carbons (Fsp3) is 0.588. The van der Waals surface area contributed by atoms with E-state index in [1.807, 2.05) is 0 Å². The van der Waals surface area contributed by atoms with E-state index in [0.717, 1.165) is 38.4 Å². The van der Waals surface area contributed by atoms with Crippen molar-refractivity contribution in [1.82, 2.24) is 9.80 Å². The number of aliphatic hydroxyl groups excluding tert-OH is 1. The van der Waals surface area contributed by atoms with E-state index in [9.17, 15) is 9.90 Å². The Kier molecular flexibility index (Phi) is 6.83. The van der Waals surface area contributed by atoms with Crippen LogP contribution in [0.4, 0.5) is 5.69 Å². The first-order valence-electron chi connectivity index (χ1n) is 8.20. The Morgan fingerprint density at radius 3 is 2.39 bits per heavy atom. The fourth-order valence-corrected chi connectivity index (χ4v) is 2.67. The number of carbonyl (C=O) groups excluding carboxylic acids is 1. The highest BCUT2D eigenvalue weighted by atomic mass is 16.5. The summed E-state index contributed by atoms with van der Waals surface area (Å²) in [6.07, 6.45) is -0.502. The van der Waals surface area contributed by atoms with Crippen LogP contribution in [0.15, 0.2) is 24.3 Å². The van der Waals surface area contributed by atoms with Crippen molar-refractivity contribution in [3.8, 4) is 5.75 Å². The summed E-state index contributed by atoms with van der Waals surface area (Å²) in [5.41, 5.74) is 0.735. The zero-order chi connectivity index (χ0) is 16.7. The Morgan fingerprint density at radius 2 is 1.83 bits per heavy atom. The summed E-state index contributed by atoms with van der Waals surface area (Å²) in [6.45, 7) is 9.77. The van der Waals surface area contributed by atoms with E-state index in [0.29, 0.717) is 12.3 Å². The number of rotatable bonds is 7. The van der Waals surface area contributed by atoms with Crippen LogP contribution in [0.5, 0.6) is 5.75 Å². The van der Waals surface area contributed by atoms with Crippen molar-refractivity contribution in [2.45, 2.75) is 20.0 Å². The van der Waals surface area contributed by atoms with E-state index in [1.54, 1.807) is 24.3 Å². The lowest BCUT2D eigenvalue weighted by Crippen LogP contribution is -2.49. The van der Waals surface area contributed by atoms with E-state index >= 15 is 0 Å². The van der Waals surface area contributed by atoms with Gasteiger partial charge in [0.15, 0.2) is 0 Å². The Balaban J connectivity index is 1.69. The van der Waals surface area contributed by atoms with E-state index in [1.165, 1.54) is 6.92 Å². The average molecular weight is 321 g/mol. The summed E-state index contributed by atoms with van der Waals surface area (Å²) < 4.78 is 5.61. The molecule has 1 fully saturated rings. The Hall–Kier alpha value is -1.63. The molecule has 0 aromatic heterocycles. The molecule has 0 radical (unpaired) electrons. The first-order valence-corrected chi connectivity index (χ1v) is 8.20. The number of amides is 1. The van der Waals surface area contributed by atoms with Gasteiger partial charge in [-0.2, -0.15) is 0 Å². The quantitative estimate of drug-likeness (QED) is 0.785. The van der Waals surface area contributed by atoms with E-state index in [4.69, 9.17) is 4.74 Å². The number of benzene rings is 1. The summed E-state index contributed by atoms with van der Waals surface area (Å²) in [7, 11) is 0. The molecule has 2 rings (SSSR count). The zero-order valence-corrected chi connectivity index (χ0v) is 14.0. The van der Waals surface area contributed by atoms with Crippen LogP contribution in [0.25, 0.3) is 0 Å². The molecule has 6 heteroatoms. The maximum atomic E-state index is 11.0. The van der Waals surface area contributed by atoms with Gasteiger partial charge in [-0.05, 0) is 30.8 Å². The summed E-state index contributed by atoms with van der Waals surface area (Å²) in [5, 5.41) is 12.8. The maximum Gasteiger partial charge on any atom is 0.221 e. The molecule has 1 aromatic rings. The standard InChI is InChI=1S/C17H27N3O3/c1-3-19-8-10-20(11-9-19)12-16(22)13-23-17-6-4-15(5-7-17)18-14(2)21/h4-7,16,22H,3,8-13H2,1-2H3,(H,18,21).